The summed E-state index contributed by atoms with van der Waals surface area (Å²) in [6.07, 6.45) is 4.23. The summed E-state index contributed by atoms with van der Waals surface area (Å²) < 4.78 is 61.6. The van der Waals surface area contributed by atoms with Crippen molar-refractivity contribution in [2.45, 2.75) is 31.2 Å². The molecule has 1 amide bonds. The first kappa shape index (κ1) is 24.3. The second-order valence-electron chi connectivity index (χ2n) is 8.13. The Morgan fingerprint density at radius 3 is 2.63 bits per heavy atom. The normalized spacial score (nSPS) is 18.6. The highest BCUT2D eigenvalue weighted by Crippen LogP contribution is 2.40. The molecular formula is C23H21F4N5O3. The second kappa shape index (κ2) is 9.82. The van der Waals surface area contributed by atoms with Crippen LogP contribution in [0.25, 0.3) is 0 Å². The topological polar surface area (TPSA) is 94.3 Å². The van der Waals surface area contributed by atoms with Gasteiger partial charge in [0.2, 0.25) is 11.8 Å². The number of aromatic nitrogens is 3. The van der Waals surface area contributed by atoms with Gasteiger partial charge in [-0.05, 0) is 24.6 Å². The number of alkyl halides is 2. The van der Waals surface area contributed by atoms with Crippen molar-refractivity contribution >= 4 is 11.7 Å². The summed E-state index contributed by atoms with van der Waals surface area (Å²) in [5.41, 5.74) is 0.318. The van der Waals surface area contributed by atoms with Crippen LogP contribution in [-0.2, 0) is 4.79 Å². The lowest BCUT2D eigenvalue weighted by Crippen LogP contribution is -2.52. The zero-order valence-corrected chi connectivity index (χ0v) is 18.5. The van der Waals surface area contributed by atoms with Crippen molar-refractivity contribution in [3.05, 3.63) is 77.5 Å². The minimum atomic E-state index is -2.98. The molecule has 0 spiro atoms. The standard InChI is InChI=1S/C23H21F4N5O3/c1-14(31-9-6-23(26,27)17(13-31)15-4-7-32(34)8-5-15)22(33)30-20-11-29-21(12-28-20)35-19-3-2-16(24)10-18(19)25/h2-5,7-8,10-12,14,17H,6,9,13H2,1H3,(H,28,30,33). The number of halogens is 4. The van der Waals surface area contributed by atoms with Crippen LogP contribution in [0, 0.1) is 16.8 Å². The van der Waals surface area contributed by atoms with E-state index in [1.165, 1.54) is 18.3 Å². The summed E-state index contributed by atoms with van der Waals surface area (Å²) in [4.78, 5) is 22.3. The average Bonchev–Trinajstić information content (AvgIpc) is 2.82. The van der Waals surface area contributed by atoms with E-state index in [-0.39, 0.29) is 30.5 Å². The van der Waals surface area contributed by atoms with E-state index in [2.05, 4.69) is 15.3 Å². The predicted molar refractivity (Wildman–Crippen MR) is 116 cm³/mol. The van der Waals surface area contributed by atoms with Gasteiger partial charge in [0.1, 0.15) is 5.82 Å². The molecule has 1 aliphatic heterocycles. The molecule has 0 saturated carbocycles. The van der Waals surface area contributed by atoms with E-state index in [4.69, 9.17) is 4.74 Å². The summed E-state index contributed by atoms with van der Waals surface area (Å²) in [5, 5.41) is 13.8. The van der Waals surface area contributed by atoms with Crippen molar-refractivity contribution in [1.29, 1.82) is 0 Å². The number of amides is 1. The highest BCUT2D eigenvalue weighted by atomic mass is 19.3. The zero-order valence-electron chi connectivity index (χ0n) is 18.5. The first-order valence-electron chi connectivity index (χ1n) is 10.7. The van der Waals surface area contributed by atoms with Gasteiger partial charge in [-0.1, -0.05) is 0 Å². The maximum Gasteiger partial charge on any atom is 0.257 e. The third kappa shape index (κ3) is 5.65. The Morgan fingerprint density at radius 2 is 1.97 bits per heavy atom. The molecule has 1 N–H and O–H groups in total. The van der Waals surface area contributed by atoms with E-state index in [1.54, 1.807) is 11.8 Å². The van der Waals surface area contributed by atoms with E-state index in [9.17, 15) is 27.6 Å². The number of hydrogen-bond acceptors (Lipinski definition) is 6. The Bertz CT molecular complexity index is 1190. The Kier molecular flexibility index (Phi) is 6.83. The van der Waals surface area contributed by atoms with Crippen LogP contribution in [0.15, 0.2) is 55.1 Å². The molecule has 4 rings (SSSR count). The number of nitrogens with one attached hydrogen (secondary N) is 1. The van der Waals surface area contributed by atoms with Crippen LogP contribution in [0.4, 0.5) is 23.4 Å². The highest BCUT2D eigenvalue weighted by molar-refractivity contribution is 5.93. The van der Waals surface area contributed by atoms with E-state index >= 15 is 0 Å². The molecule has 0 aliphatic carbocycles. The summed E-state index contributed by atoms with van der Waals surface area (Å²) in [5.74, 6) is -6.54. The van der Waals surface area contributed by atoms with Crippen molar-refractivity contribution in [2.75, 3.05) is 18.4 Å². The summed E-state index contributed by atoms with van der Waals surface area (Å²) >= 11 is 0. The number of hydrogen-bond donors (Lipinski definition) is 1. The lowest BCUT2D eigenvalue weighted by molar-refractivity contribution is -0.605. The van der Waals surface area contributed by atoms with E-state index < -0.39 is 41.8 Å². The van der Waals surface area contributed by atoms with Gasteiger partial charge in [-0.15, -0.1) is 0 Å². The minimum absolute atomic E-state index is 0.00810. The number of anilines is 1. The molecule has 3 heterocycles. The zero-order chi connectivity index (χ0) is 25.2. The van der Waals surface area contributed by atoms with Gasteiger partial charge in [-0.25, -0.2) is 27.5 Å². The first-order chi connectivity index (χ1) is 16.6. The lowest BCUT2D eigenvalue weighted by atomic mass is 9.87. The van der Waals surface area contributed by atoms with Crippen LogP contribution < -0.4 is 14.8 Å². The van der Waals surface area contributed by atoms with Gasteiger partial charge >= 0.3 is 0 Å². The number of benzene rings is 1. The molecule has 1 aromatic carbocycles. The number of carbonyl (C=O) groups is 1. The predicted octanol–water partition coefficient (Wildman–Crippen LogP) is 3.63. The number of pyridine rings is 1. The maximum atomic E-state index is 14.6. The summed E-state index contributed by atoms with van der Waals surface area (Å²) in [7, 11) is 0. The van der Waals surface area contributed by atoms with Crippen molar-refractivity contribution < 1.29 is 31.8 Å². The van der Waals surface area contributed by atoms with Gasteiger partial charge in [-0.2, -0.15) is 4.73 Å². The van der Waals surface area contributed by atoms with Crippen LogP contribution in [0.1, 0.15) is 24.8 Å². The number of carbonyl (C=O) groups excluding carboxylic acids is 1. The first-order valence-corrected chi connectivity index (χ1v) is 10.7. The SMILES string of the molecule is CC(C(=O)Nc1cnc(Oc2ccc(F)cc2F)cn1)N1CCC(F)(F)C(c2cc[n+]([O-])cc2)C1. The largest absolute Gasteiger partial charge is 0.619 e. The fourth-order valence-electron chi connectivity index (χ4n) is 3.78. The third-order valence-corrected chi connectivity index (χ3v) is 5.80. The molecule has 184 valence electrons. The van der Waals surface area contributed by atoms with Crippen LogP contribution in [-0.4, -0.2) is 45.8 Å². The van der Waals surface area contributed by atoms with Crippen molar-refractivity contribution in [1.82, 2.24) is 14.9 Å². The molecule has 2 atom stereocenters. The van der Waals surface area contributed by atoms with Gasteiger partial charge < -0.3 is 15.3 Å². The molecule has 2 aromatic heterocycles. The summed E-state index contributed by atoms with van der Waals surface area (Å²) in [6, 6.07) is 4.76. The number of nitrogens with zero attached hydrogens (tertiary/aromatic N) is 4. The molecule has 1 fully saturated rings. The molecule has 2 unspecified atom stereocenters. The van der Waals surface area contributed by atoms with Crippen LogP contribution in [0.2, 0.25) is 0 Å². The van der Waals surface area contributed by atoms with Crippen LogP contribution in [0.3, 0.4) is 0 Å². The quantitative estimate of drug-likeness (QED) is 0.322. The number of rotatable bonds is 6. The summed E-state index contributed by atoms with van der Waals surface area (Å²) in [6.45, 7) is 1.52. The van der Waals surface area contributed by atoms with Crippen molar-refractivity contribution in [3.8, 4) is 11.6 Å². The molecular weight excluding hydrogens is 470 g/mol. The number of ether oxygens (including phenoxy) is 1. The van der Waals surface area contributed by atoms with E-state index in [0.717, 1.165) is 30.7 Å². The maximum absolute atomic E-state index is 14.6. The van der Waals surface area contributed by atoms with Gasteiger partial charge in [0, 0.05) is 37.7 Å². The highest BCUT2D eigenvalue weighted by Gasteiger charge is 2.46. The Hall–Kier alpha value is -3.80. The molecule has 0 bridgehead atoms. The number of piperidine rings is 1. The van der Waals surface area contributed by atoms with E-state index in [0.29, 0.717) is 16.4 Å². The Balaban J connectivity index is 1.39. The number of likely N-dealkylation sites (tertiary alicyclic amines) is 1. The van der Waals surface area contributed by atoms with Crippen molar-refractivity contribution in [2.24, 2.45) is 0 Å². The van der Waals surface area contributed by atoms with Crippen LogP contribution >= 0.6 is 0 Å². The molecule has 35 heavy (non-hydrogen) atoms. The van der Waals surface area contributed by atoms with Crippen LogP contribution in [0.5, 0.6) is 11.6 Å². The third-order valence-electron chi connectivity index (χ3n) is 5.80. The fraction of sp³-hybridized carbons (Fsp3) is 0.304. The minimum Gasteiger partial charge on any atom is -0.619 e. The fourth-order valence-corrected chi connectivity index (χ4v) is 3.78. The van der Waals surface area contributed by atoms with Crippen molar-refractivity contribution in [3.63, 3.8) is 0 Å². The Labute approximate surface area is 197 Å². The molecule has 1 aliphatic rings. The molecule has 3 aromatic rings. The smallest absolute Gasteiger partial charge is 0.257 e. The van der Waals surface area contributed by atoms with Gasteiger partial charge in [0.05, 0.1) is 24.4 Å². The Morgan fingerprint density at radius 1 is 1.23 bits per heavy atom. The monoisotopic (exact) mass is 491 g/mol. The molecule has 12 heteroatoms. The van der Waals surface area contributed by atoms with Gasteiger partial charge in [0.25, 0.3) is 5.92 Å². The second-order valence-corrected chi connectivity index (χ2v) is 8.13. The molecule has 8 nitrogen and oxygen atoms in total. The van der Waals surface area contributed by atoms with Gasteiger partial charge in [0.15, 0.2) is 29.8 Å². The average molecular weight is 491 g/mol. The van der Waals surface area contributed by atoms with Gasteiger partial charge in [-0.3, -0.25) is 9.69 Å². The molecule has 0 radical (unpaired) electrons. The molecule has 1 saturated heterocycles. The van der Waals surface area contributed by atoms with E-state index in [1.807, 2.05) is 0 Å². The lowest BCUT2D eigenvalue weighted by Gasteiger charge is -2.40.